The Balaban J connectivity index is 1.47. The number of anilines is 2. The van der Waals surface area contributed by atoms with Crippen molar-refractivity contribution in [2.45, 2.75) is 13.0 Å². The number of hydrogen-bond acceptors (Lipinski definition) is 6. The van der Waals surface area contributed by atoms with Gasteiger partial charge < -0.3 is 14.4 Å². The van der Waals surface area contributed by atoms with Gasteiger partial charge in [-0.25, -0.2) is 14.4 Å². The Kier molecular flexibility index (Phi) is 4.24. The van der Waals surface area contributed by atoms with Crippen molar-refractivity contribution in [3.05, 3.63) is 48.7 Å². The predicted octanol–water partition coefficient (Wildman–Crippen LogP) is 2.13. The van der Waals surface area contributed by atoms with E-state index in [9.17, 15) is 4.39 Å². The Bertz CT molecular complexity index is 875. The van der Waals surface area contributed by atoms with E-state index in [4.69, 9.17) is 0 Å². The van der Waals surface area contributed by atoms with Crippen LogP contribution in [-0.4, -0.2) is 50.4 Å². The number of halogens is 1. The van der Waals surface area contributed by atoms with Gasteiger partial charge in [-0.05, 0) is 31.2 Å². The molecule has 4 rings (SSSR count). The molecule has 0 amide bonds. The molecular weight excluding hydrogens is 333 g/mol. The Morgan fingerprint density at radius 1 is 1.04 bits per heavy atom. The van der Waals surface area contributed by atoms with Gasteiger partial charge in [0, 0.05) is 45.1 Å². The summed E-state index contributed by atoms with van der Waals surface area (Å²) in [4.78, 5) is 12.9. The number of rotatable bonds is 3. The molecule has 1 saturated heterocycles. The number of hydrogen-bond donors (Lipinski definition) is 0. The minimum Gasteiger partial charge on any atom is -0.351 e. The number of aromatic nitrogens is 5. The Morgan fingerprint density at radius 2 is 1.88 bits per heavy atom. The molecule has 4 heterocycles. The van der Waals surface area contributed by atoms with Gasteiger partial charge >= 0.3 is 0 Å². The monoisotopic (exact) mass is 353 g/mol. The van der Waals surface area contributed by atoms with Crippen molar-refractivity contribution in [3.63, 3.8) is 0 Å². The highest BCUT2D eigenvalue weighted by atomic mass is 19.1. The van der Waals surface area contributed by atoms with E-state index < -0.39 is 0 Å². The van der Waals surface area contributed by atoms with Crippen LogP contribution < -0.4 is 9.80 Å². The van der Waals surface area contributed by atoms with Crippen LogP contribution in [0.2, 0.25) is 0 Å². The van der Waals surface area contributed by atoms with E-state index in [1.165, 1.54) is 12.3 Å². The standard InChI is InChI=1S/C18H20FN7/c1-13-12-25(9-10-26(13)16-5-3-14(19)11-21-16)17-6-4-15(22-23-17)18-20-7-8-24(18)2/h3-8,11,13H,9-10,12H2,1-2H3. The van der Waals surface area contributed by atoms with Gasteiger partial charge in [-0.3, -0.25) is 0 Å². The van der Waals surface area contributed by atoms with E-state index in [2.05, 4.69) is 36.9 Å². The molecular formula is C18H20FN7. The molecule has 0 bridgehead atoms. The van der Waals surface area contributed by atoms with E-state index in [0.29, 0.717) is 0 Å². The normalized spacial score (nSPS) is 17.6. The summed E-state index contributed by atoms with van der Waals surface area (Å²) in [6.07, 6.45) is 4.89. The molecule has 0 aliphatic carbocycles. The maximum atomic E-state index is 13.1. The van der Waals surface area contributed by atoms with E-state index in [1.807, 2.05) is 29.9 Å². The van der Waals surface area contributed by atoms with Gasteiger partial charge in [-0.1, -0.05) is 0 Å². The van der Waals surface area contributed by atoms with Crippen molar-refractivity contribution in [2.24, 2.45) is 7.05 Å². The van der Waals surface area contributed by atoms with Crippen LogP contribution in [0.3, 0.4) is 0 Å². The molecule has 1 unspecified atom stereocenters. The largest absolute Gasteiger partial charge is 0.351 e. The van der Waals surface area contributed by atoms with Crippen molar-refractivity contribution in [1.82, 2.24) is 24.7 Å². The average molecular weight is 353 g/mol. The van der Waals surface area contributed by atoms with Crippen LogP contribution in [0.25, 0.3) is 11.5 Å². The molecule has 1 aliphatic heterocycles. The van der Waals surface area contributed by atoms with E-state index >= 15 is 0 Å². The van der Waals surface area contributed by atoms with E-state index in [-0.39, 0.29) is 11.9 Å². The van der Waals surface area contributed by atoms with Gasteiger partial charge in [0.1, 0.15) is 17.3 Å². The fraction of sp³-hybridized carbons (Fsp3) is 0.333. The molecule has 7 nitrogen and oxygen atoms in total. The zero-order chi connectivity index (χ0) is 18.1. The lowest BCUT2D eigenvalue weighted by Crippen LogP contribution is -2.52. The molecule has 0 N–H and O–H groups in total. The van der Waals surface area contributed by atoms with Crippen LogP contribution in [-0.2, 0) is 7.05 Å². The molecule has 134 valence electrons. The van der Waals surface area contributed by atoms with Gasteiger partial charge in [-0.15, -0.1) is 10.2 Å². The molecule has 1 aliphatic rings. The number of pyridine rings is 1. The SMILES string of the molecule is CC1CN(c2ccc(-c3nccn3C)nn2)CCN1c1ccc(F)cn1. The average Bonchev–Trinajstić information content (AvgIpc) is 3.09. The fourth-order valence-electron chi connectivity index (χ4n) is 3.27. The number of imidazole rings is 1. The Hall–Kier alpha value is -3.03. The van der Waals surface area contributed by atoms with Gasteiger partial charge in [-0.2, -0.15) is 0 Å². The number of piperazine rings is 1. The van der Waals surface area contributed by atoms with Gasteiger partial charge in [0.2, 0.25) is 0 Å². The second kappa shape index (κ2) is 6.70. The molecule has 3 aromatic heterocycles. The fourth-order valence-corrected chi connectivity index (χ4v) is 3.27. The summed E-state index contributed by atoms with van der Waals surface area (Å²) in [7, 11) is 1.93. The van der Waals surface area contributed by atoms with E-state index in [1.54, 1.807) is 12.3 Å². The first-order valence-electron chi connectivity index (χ1n) is 8.56. The summed E-state index contributed by atoms with van der Waals surface area (Å²) < 4.78 is 15.0. The van der Waals surface area contributed by atoms with E-state index in [0.717, 1.165) is 42.8 Å². The van der Waals surface area contributed by atoms with Crippen LogP contribution in [0.1, 0.15) is 6.92 Å². The highest BCUT2D eigenvalue weighted by Gasteiger charge is 2.25. The third kappa shape index (κ3) is 3.10. The maximum absolute atomic E-state index is 13.1. The quantitative estimate of drug-likeness (QED) is 0.719. The molecule has 0 aromatic carbocycles. The van der Waals surface area contributed by atoms with Gasteiger partial charge in [0.15, 0.2) is 11.6 Å². The summed E-state index contributed by atoms with van der Waals surface area (Å²) in [5.74, 6) is 2.13. The van der Waals surface area contributed by atoms with Crippen molar-refractivity contribution in [2.75, 3.05) is 29.4 Å². The lowest BCUT2D eigenvalue weighted by atomic mass is 10.2. The zero-order valence-electron chi connectivity index (χ0n) is 14.7. The first-order valence-corrected chi connectivity index (χ1v) is 8.56. The predicted molar refractivity (Wildman–Crippen MR) is 97.5 cm³/mol. The van der Waals surface area contributed by atoms with Crippen molar-refractivity contribution in [3.8, 4) is 11.5 Å². The van der Waals surface area contributed by atoms with Crippen LogP contribution in [0.4, 0.5) is 16.0 Å². The second-order valence-corrected chi connectivity index (χ2v) is 6.46. The second-order valence-electron chi connectivity index (χ2n) is 6.46. The van der Waals surface area contributed by atoms with Crippen LogP contribution >= 0.6 is 0 Å². The Morgan fingerprint density at radius 3 is 2.50 bits per heavy atom. The molecule has 8 heteroatoms. The summed E-state index contributed by atoms with van der Waals surface area (Å²) >= 11 is 0. The van der Waals surface area contributed by atoms with Gasteiger partial charge in [0.25, 0.3) is 0 Å². The van der Waals surface area contributed by atoms with Crippen molar-refractivity contribution < 1.29 is 4.39 Å². The summed E-state index contributed by atoms with van der Waals surface area (Å²) in [6, 6.07) is 7.34. The highest BCUT2D eigenvalue weighted by Crippen LogP contribution is 2.22. The van der Waals surface area contributed by atoms with Gasteiger partial charge in [0.05, 0.1) is 6.20 Å². The number of nitrogens with zero attached hydrogens (tertiary/aromatic N) is 7. The minimum atomic E-state index is -0.317. The van der Waals surface area contributed by atoms with Crippen LogP contribution in [0, 0.1) is 5.82 Å². The first-order chi connectivity index (χ1) is 12.6. The first kappa shape index (κ1) is 16.4. The Labute approximate surface area is 151 Å². The lowest BCUT2D eigenvalue weighted by Gasteiger charge is -2.40. The minimum absolute atomic E-state index is 0.234. The molecule has 3 aromatic rings. The smallest absolute Gasteiger partial charge is 0.160 e. The molecule has 0 spiro atoms. The summed E-state index contributed by atoms with van der Waals surface area (Å²) in [5, 5.41) is 8.71. The molecule has 0 saturated carbocycles. The summed E-state index contributed by atoms with van der Waals surface area (Å²) in [5.41, 5.74) is 0.753. The molecule has 26 heavy (non-hydrogen) atoms. The topological polar surface area (TPSA) is 63.0 Å². The highest BCUT2D eigenvalue weighted by molar-refractivity contribution is 5.52. The summed E-state index contributed by atoms with van der Waals surface area (Å²) in [6.45, 7) is 4.53. The van der Waals surface area contributed by atoms with Crippen LogP contribution in [0.15, 0.2) is 42.9 Å². The third-order valence-corrected chi connectivity index (χ3v) is 4.66. The van der Waals surface area contributed by atoms with Crippen molar-refractivity contribution in [1.29, 1.82) is 0 Å². The molecule has 1 atom stereocenters. The van der Waals surface area contributed by atoms with Crippen molar-refractivity contribution >= 4 is 11.6 Å². The molecule has 0 radical (unpaired) electrons. The molecule has 1 fully saturated rings. The maximum Gasteiger partial charge on any atom is 0.160 e. The lowest BCUT2D eigenvalue weighted by molar-refractivity contribution is 0.539. The zero-order valence-corrected chi connectivity index (χ0v) is 14.7. The number of aryl methyl sites for hydroxylation is 1. The third-order valence-electron chi connectivity index (χ3n) is 4.66. The van der Waals surface area contributed by atoms with Crippen LogP contribution in [0.5, 0.6) is 0 Å².